The molecule has 0 radical (unpaired) electrons. The molecule has 0 saturated carbocycles. The van der Waals surface area contributed by atoms with Crippen molar-refractivity contribution in [2.75, 3.05) is 13.1 Å². The summed E-state index contributed by atoms with van der Waals surface area (Å²) in [4.78, 5) is 13.8. The number of hydrogen-bond acceptors (Lipinski definition) is 2. The fourth-order valence-corrected chi connectivity index (χ4v) is 1.96. The summed E-state index contributed by atoms with van der Waals surface area (Å²) in [7, 11) is 0. The van der Waals surface area contributed by atoms with Crippen molar-refractivity contribution < 1.29 is 4.79 Å². The lowest BCUT2D eigenvalue weighted by molar-refractivity contribution is 0.0401. The molecule has 2 N–H and O–H groups in total. The number of rotatable bonds is 2. The number of benzene rings is 1. The zero-order valence-corrected chi connectivity index (χ0v) is 9.86. The SMILES string of the molecule is CCC1(N)CN(C(=O)c2ccc(C)cc2)C1. The first-order valence-corrected chi connectivity index (χ1v) is 5.69. The minimum Gasteiger partial charge on any atom is -0.335 e. The highest BCUT2D eigenvalue weighted by Crippen LogP contribution is 2.23. The van der Waals surface area contributed by atoms with Gasteiger partial charge in [-0.05, 0) is 25.5 Å². The summed E-state index contributed by atoms with van der Waals surface area (Å²) >= 11 is 0. The maximum Gasteiger partial charge on any atom is 0.253 e. The van der Waals surface area contributed by atoms with Gasteiger partial charge in [0.05, 0.1) is 5.54 Å². The van der Waals surface area contributed by atoms with Crippen LogP contribution in [0, 0.1) is 6.92 Å². The first-order valence-electron chi connectivity index (χ1n) is 5.69. The van der Waals surface area contributed by atoms with Crippen molar-refractivity contribution in [2.24, 2.45) is 5.73 Å². The summed E-state index contributed by atoms with van der Waals surface area (Å²) in [6.45, 7) is 5.43. The Kier molecular flexibility index (Phi) is 2.72. The Morgan fingerprint density at radius 3 is 2.44 bits per heavy atom. The quantitative estimate of drug-likeness (QED) is 0.818. The van der Waals surface area contributed by atoms with Gasteiger partial charge >= 0.3 is 0 Å². The first-order chi connectivity index (χ1) is 7.54. The van der Waals surface area contributed by atoms with Gasteiger partial charge < -0.3 is 10.6 Å². The number of nitrogens with two attached hydrogens (primary N) is 1. The van der Waals surface area contributed by atoms with Crippen molar-refractivity contribution in [3.63, 3.8) is 0 Å². The lowest BCUT2D eigenvalue weighted by Crippen LogP contribution is -2.68. The molecule has 0 atom stereocenters. The molecule has 1 aromatic carbocycles. The van der Waals surface area contributed by atoms with Crippen molar-refractivity contribution in [3.05, 3.63) is 35.4 Å². The molecule has 1 amide bonds. The Labute approximate surface area is 96.2 Å². The molecule has 16 heavy (non-hydrogen) atoms. The summed E-state index contributed by atoms with van der Waals surface area (Å²) in [5, 5.41) is 0. The van der Waals surface area contributed by atoms with E-state index in [4.69, 9.17) is 5.73 Å². The Balaban J connectivity index is 2.03. The maximum absolute atomic E-state index is 12.0. The Morgan fingerprint density at radius 2 is 1.94 bits per heavy atom. The van der Waals surface area contributed by atoms with Gasteiger partial charge in [-0.3, -0.25) is 4.79 Å². The Bertz CT molecular complexity index is 391. The summed E-state index contributed by atoms with van der Waals surface area (Å²) in [6, 6.07) is 7.67. The highest BCUT2D eigenvalue weighted by atomic mass is 16.2. The first kappa shape index (κ1) is 11.1. The normalized spacial score (nSPS) is 18.1. The molecule has 1 fully saturated rings. The molecule has 1 heterocycles. The number of amides is 1. The average molecular weight is 218 g/mol. The number of likely N-dealkylation sites (tertiary alicyclic amines) is 1. The minimum atomic E-state index is -0.152. The van der Waals surface area contributed by atoms with E-state index < -0.39 is 0 Å². The second-order valence-electron chi connectivity index (χ2n) is 4.74. The van der Waals surface area contributed by atoms with Crippen molar-refractivity contribution in [2.45, 2.75) is 25.8 Å². The number of carbonyl (C=O) groups excluding carboxylic acids is 1. The Hall–Kier alpha value is -1.35. The summed E-state index contributed by atoms with van der Waals surface area (Å²) < 4.78 is 0. The third-order valence-corrected chi connectivity index (χ3v) is 3.30. The Morgan fingerprint density at radius 1 is 1.38 bits per heavy atom. The van der Waals surface area contributed by atoms with E-state index in [0.29, 0.717) is 13.1 Å². The van der Waals surface area contributed by atoms with Gasteiger partial charge in [0.2, 0.25) is 0 Å². The predicted molar refractivity (Wildman–Crippen MR) is 64.3 cm³/mol. The topological polar surface area (TPSA) is 46.3 Å². The predicted octanol–water partition coefficient (Wildman–Crippen LogP) is 1.56. The maximum atomic E-state index is 12.0. The van der Waals surface area contributed by atoms with E-state index in [0.717, 1.165) is 12.0 Å². The van der Waals surface area contributed by atoms with Crippen LogP contribution in [0.5, 0.6) is 0 Å². The molecule has 86 valence electrons. The van der Waals surface area contributed by atoms with Crippen LogP contribution in [0.25, 0.3) is 0 Å². The molecule has 0 aromatic heterocycles. The molecule has 3 nitrogen and oxygen atoms in total. The lowest BCUT2D eigenvalue weighted by atomic mass is 9.88. The van der Waals surface area contributed by atoms with Crippen molar-refractivity contribution in [1.29, 1.82) is 0 Å². The molecule has 2 rings (SSSR count). The van der Waals surface area contributed by atoms with Gasteiger partial charge in [0.1, 0.15) is 0 Å². The average Bonchev–Trinajstić information content (AvgIpc) is 2.25. The fourth-order valence-electron chi connectivity index (χ4n) is 1.96. The van der Waals surface area contributed by atoms with Gasteiger partial charge in [0, 0.05) is 18.7 Å². The van der Waals surface area contributed by atoms with Crippen LogP contribution in [-0.4, -0.2) is 29.4 Å². The van der Waals surface area contributed by atoms with Gasteiger partial charge in [0.15, 0.2) is 0 Å². The molecular weight excluding hydrogens is 200 g/mol. The molecule has 0 spiro atoms. The van der Waals surface area contributed by atoms with E-state index in [1.54, 1.807) is 0 Å². The summed E-state index contributed by atoms with van der Waals surface area (Å²) in [5.74, 6) is 0.0922. The van der Waals surface area contributed by atoms with Crippen molar-refractivity contribution in [3.8, 4) is 0 Å². The molecule has 1 aromatic rings. The van der Waals surface area contributed by atoms with E-state index in [9.17, 15) is 4.79 Å². The molecule has 1 aliphatic rings. The van der Waals surface area contributed by atoms with E-state index in [1.807, 2.05) is 36.1 Å². The molecule has 0 aliphatic carbocycles. The standard InChI is InChI=1S/C13H18N2O/c1-3-13(14)8-15(9-13)12(16)11-6-4-10(2)5-7-11/h4-7H,3,8-9,14H2,1-2H3. The van der Waals surface area contributed by atoms with Crippen LogP contribution in [0.4, 0.5) is 0 Å². The largest absolute Gasteiger partial charge is 0.335 e. The van der Waals surface area contributed by atoms with Crippen LogP contribution in [0.3, 0.4) is 0 Å². The van der Waals surface area contributed by atoms with Crippen molar-refractivity contribution >= 4 is 5.91 Å². The second-order valence-corrected chi connectivity index (χ2v) is 4.74. The van der Waals surface area contributed by atoms with Crippen LogP contribution in [0.2, 0.25) is 0 Å². The molecule has 0 unspecified atom stereocenters. The molecule has 1 saturated heterocycles. The van der Waals surface area contributed by atoms with E-state index in [2.05, 4.69) is 6.92 Å². The van der Waals surface area contributed by atoms with Gasteiger partial charge in [-0.2, -0.15) is 0 Å². The molecular formula is C13H18N2O. The molecule has 0 bridgehead atoms. The fraction of sp³-hybridized carbons (Fsp3) is 0.462. The van der Waals surface area contributed by atoms with Crippen LogP contribution < -0.4 is 5.73 Å². The number of hydrogen-bond donors (Lipinski definition) is 1. The van der Waals surface area contributed by atoms with Crippen molar-refractivity contribution in [1.82, 2.24) is 4.90 Å². The smallest absolute Gasteiger partial charge is 0.253 e. The van der Waals surface area contributed by atoms with Crippen LogP contribution in [0.1, 0.15) is 29.3 Å². The van der Waals surface area contributed by atoms with E-state index >= 15 is 0 Å². The highest BCUT2D eigenvalue weighted by molar-refractivity contribution is 5.95. The lowest BCUT2D eigenvalue weighted by Gasteiger charge is -2.47. The molecule has 3 heteroatoms. The van der Waals surface area contributed by atoms with Gasteiger partial charge in [0.25, 0.3) is 5.91 Å². The molecule has 1 aliphatic heterocycles. The minimum absolute atomic E-state index is 0.0922. The van der Waals surface area contributed by atoms with Crippen LogP contribution >= 0.6 is 0 Å². The number of nitrogens with zero attached hydrogens (tertiary/aromatic N) is 1. The second kappa shape index (κ2) is 3.91. The van der Waals surface area contributed by atoms with Gasteiger partial charge in [-0.1, -0.05) is 24.6 Å². The third-order valence-electron chi connectivity index (χ3n) is 3.30. The van der Waals surface area contributed by atoms with Crippen LogP contribution in [-0.2, 0) is 0 Å². The summed E-state index contributed by atoms with van der Waals surface area (Å²) in [5.41, 5.74) is 7.81. The monoisotopic (exact) mass is 218 g/mol. The zero-order chi connectivity index (χ0) is 11.8. The highest BCUT2D eigenvalue weighted by Gasteiger charge is 2.40. The van der Waals surface area contributed by atoms with E-state index in [-0.39, 0.29) is 11.4 Å². The zero-order valence-electron chi connectivity index (χ0n) is 9.86. The van der Waals surface area contributed by atoms with Crippen LogP contribution in [0.15, 0.2) is 24.3 Å². The summed E-state index contributed by atoms with van der Waals surface area (Å²) in [6.07, 6.45) is 0.921. The van der Waals surface area contributed by atoms with Gasteiger partial charge in [-0.25, -0.2) is 0 Å². The van der Waals surface area contributed by atoms with Gasteiger partial charge in [-0.15, -0.1) is 0 Å². The third kappa shape index (κ3) is 1.95. The number of aryl methyl sites for hydroxylation is 1. The number of carbonyl (C=O) groups is 1. The van der Waals surface area contributed by atoms with E-state index in [1.165, 1.54) is 5.56 Å².